The summed E-state index contributed by atoms with van der Waals surface area (Å²) in [7, 11) is 1.54. The molecule has 1 amide bonds. The summed E-state index contributed by atoms with van der Waals surface area (Å²) in [6, 6.07) is 0. The van der Waals surface area contributed by atoms with Gasteiger partial charge in [-0.05, 0) is 6.42 Å². The first-order valence-corrected chi connectivity index (χ1v) is 10.1. The van der Waals surface area contributed by atoms with Gasteiger partial charge < -0.3 is 15.2 Å². The van der Waals surface area contributed by atoms with Crippen LogP contribution in [0.5, 0.6) is 0 Å². The minimum absolute atomic E-state index is 0.0354. The molecule has 2 N–H and O–H groups in total. The van der Waals surface area contributed by atoms with E-state index in [9.17, 15) is 9.90 Å². The molecule has 0 spiro atoms. The fourth-order valence-corrected chi connectivity index (χ4v) is 2.87. The number of ether oxygens (including phenoxy) is 1. The summed E-state index contributed by atoms with van der Waals surface area (Å²) in [5.41, 5.74) is 0. The Bertz CT molecular complexity index is 272. The minimum Gasteiger partial charge on any atom is -0.389 e. The predicted molar refractivity (Wildman–Crippen MR) is 101 cm³/mol. The van der Waals surface area contributed by atoms with Crippen LogP contribution in [-0.2, 0) is 9.53 Å². The maximum absolute atomic E-state index is 11.6. The van der Waals surface area contributed by atoms with Crippen LogP contribution in [0.3, 0.4) is 0 Å². The highest BCUT2D eigenvalue weighted by molar-refractivity contribution is 5.75. The van der Waals surface area contributed by atoms with Crippen molar-refractivity contribution >= 4 is 5.91 Å². The average Bonchev–Trinajstić information content (AvgIpc) is 2.57. The van der Waals surface area contributed by atoms with Crippen molar-refractivity contribution in [3.63, 3.8) is 0 Å². The number of unbranched alkanes of at least 4 members (excludes halogenated alkanes) is 12. The van der Waals surface area contributed by atoms with E-state index in [-0.39, 0.29) is 19.1 Å². The number of carbonyl (C=O) groups excluding carboxylic acids is 1. The molecule has 0 aliphatic rings. The van der Waals surface area contributed by atoms with E-state index in [1.54, 1.807) is 7.11 Å². The average molecular weight is 344 g/mol. The summed E-state index contributed by atoms with van der Waals surface area (Å²) in [5, 5.41) is 12.2. The van der Waals surface area contributed by atoms with E-state index in [0.29, 0.717) is 6.42 Å². The van der Waals surface area contributed by atoms with Crippen LogP contribution in [-0.4, -0.2) is 37.4 Å². The molecule has 1 unspecified atom stereocenters. The molecule has 0 radical (unpaired) electrons. The van der Waals surface area contributed by atoms with E-state index in [2.05, 4.69) is 12.2 Å². The first-order chi connectivity index (χ1) is 11.7. The molecule has 144 valence electrons. The Labute approximate surface area is 149 Å². The zero-order chi connectivity index (χ0) is 17.9. The van der Waals surface area contributed by atoms with Crippen molar-refractivity contribution in [1.29, 1.82) is 0 Å². The number of hydrogen-bond acceptors (Lipinski definition) is 3. The van der Waals surface area contributed by atoms with Crippen molar-refractivity contribution in [3.05, 3.63) is 0 Å². The second-order valence-corrected chi connectivity index (χ2v) is 6.91. The molecule has 24 heavy (non-hydrogen) atoms. The summed E-state index contributed by atoms with van der Waals surface area (Å²) in [4.78, 5) is 11.6. The van der Waals surface area contributed by atoms with E-state index in [1.807, 2.05) is 0 Å². The molecule has 0 aromatic rings. The van der Waals surface area contributed by atoms with Gasteiger partial charge in [0.2, 0.25) is 5.91 Å². The van der Waals surface area contributed by atoms with Gasteiger partial charge in [0, 0.05) is 20.1 Å². The molecule has 0 saturated carbocycles. The van der Waals surface area contributed by atoms with Crippen LogP contribution in [0.15, 0.2) is 0 Å². The van der Waals surface area contributed by atoms with Crippen molar-refractivity contribution in [1.82, 2.24) is 5.32 Å². The molecule has 0 rings (SSSR count). The van der Waals surface area contributed by atoms with Crippen molar-refractivity contribution in [3.8, 4) is 0 Å². The van der Waals surface area contributed by atoms with Gasteiger partial charge in [0.05, 0.1) is 12.7 Å². The summed E-state index contributed by atoms with van der Waals surface area (Å²) < 4.78 is 4.82. The van der Waals surface area contributed by atoms with E-state index < -0.39 is 6.10 Å². The van der Waals surface area contributed by atoms with Crippen LogP contribution in [0.25, 0.3) is 0 Å². The summed E-state index contributed by atoms with van der Waals surface area (Å²) in [5.74, 6) is 0.0354. The third kappa shape index (κ3) is 17.7. The molecular weight excluding hydrogens is 302 g/mol. The number of methoxy groups -OCH3 is 1. The van der Waals surface area contributed by atoms with Gasteiger partial charge in [0.25, 0.3) is 0 Å². The lowest BCUT2D eigenvalue weighted by atomic mass is 10.0. The Balaban J connectivity index is 3.18. The lowest BCUT2D eigenvalue weighted by molar-refractivity contribution is -0.121. The number of rotatable bonds is 18. The lowest BCUT2D eigenvalue weighted by Crippen LogP contribution is -2.34. The number of hydrogen-bond donors (Lipinski definition) is 2. The molecule has 0 fully saturated rings. The normalized spacial score (nSPS) is 12.3. The van der Waals surface area contributed by atoms with Gasteiger partial charge in [-0.3, -0.25) is 4.79 Å². The second-order valence-electron chi connectivity index (χ2n) is 6.91. The first kappa shape index (κ1) is 23.4. The number of aliphatic hydroxyl groups excluding tert-OH is 1. The van der Waals surface area contributed by atoms with Gasteiger partial charge in [-0.1, -0.05) is 84.0 Å². The summed E-state index contributed by atoms with van der Waals surface area (Å²) in [6.45, 7) is 2.81. The molecule has 0 heterocycles. The standard InChI is InChI=1S/C20H41NO3/c1-3-4-5-6-7-8-9-10-11-12-13-14-15-16-20(23)21-17-19(22)18-24-2/h19,22H,3-18H2,1-2H3,(H,21,23). The fourth-order valence-electron chi connectivity index (χ4n) is 2.87. The van der Waals surface area contributed by atoms with Crippen molar-refractivity contribution in [2.75, 3.05) is 20.3 Å². The fraction of sp³-hybridized carbons (Fsp3) is 0.950. The molecular formula is C20H41NO3. The molecule has 4 nitrogen and oxygen atoms in total. The van der Waals surface area contributed by atoms with Crippen LogP contribution in [0.1, 0.15) is 96.8 Å². The predicted octanol–water partition coefficient (Wildman–Crippen LogP) is 4.59. The van der Waals surface area contributed by atoms with Crippen LogP contribution >= 0.6 is 0 Å². The topological polar surface area (TPSA) is 58.6 Å². The molecule has 0 saturated heterocycles. The molecule has 1 atom stereocenters. The van der Waals surface area contributed by atoms with Crippen LogP contribution in [0, 0.1) is 0 Å². The second kappa shape index (κ2) is 18.7. The van der Waals surface area contributed by atoms with Gasteiger partial charge in [-0.2, -0.15) is 0 Å². The van der Waals surface area contributed by atoms with Crippen molar-refractivity contribution in [2.24, 2.45) is 0 Å². The Morgan fingerprint density at radius 3 is 1.79 bits per heavy atom. The van der Waals surface area contributed by atoms with Crippen molar-refractivity contribution < 1.29 is 14.6 Å². The monoisotopic (exact) mass is 343 g/mol. The Kier molecular flexibility index (Phi) is 18.2. The molecule has 0 bridgehead atoms. The zero-order valence-corrected chi connectivity index (χ0v) is 16.2. The highest BCUT2D eigenvalue weighted by Crippen LogP contribution is 2.12. The van der Waals surface area contributed by atoms with Gasteiger partial charge in [-0.15, -0.1) is 0 Å². The van der Waals surface area contributed by atoms with E-state index in [0.717, 1.165) is 12.8 Å². The Morgan fingerprint density at radius 1 is 0.875 bits per heavy atom. The minimum atomic E-state index is -0.606. The maximum atomic E-state index is 11.6. The number of carbonyl (C=O) groups is 1. The summed E-state index contributed by atoms with van der Waals surface area (Å²) >= 11 is 0. The van der Waals surface area contributed by atoms with Gasteiger partial charge in [0.1, 0.15) is 0 Å². The third-order valence-corrected chi connectivity index (χ3v) is 4.40. The van der Waals surface area contributed by atoms with Gasteiger partial charge in [-0.25, -0.2) is 0 Å². The van der Waals surface area contributed by atoms with E-state index in [1.165, 1.54) is 70.6 Å². The molecule has 0 aromatic heterocycles. The van der Waals surface area contributed by atoms with Crippen LogP contribution in [0.4, 0.5) is 0 Å². The molecule has 0 aliphatic carbocycles. The summed E-state index contributed by atoms with van der Waals surface area (Å²) in [6.07, 6.45) is 17.0. The quantitative estimate of drug-likeness (QED) is 0.358. The highest BCUT2D eigenvalue weighted by atomic mass is 16.5. The van der Waals surface area contributed by atoms with E-state index in [4.69, 9.17) is 4.74 Å². The first-order valence-electron chi connectivity index (χ1n) is 10.1. The SMILES string of the molecule is CCCCCCCCCCCCCCCC(=O)NCC(O)COC. The van der Waals surface area contributed by atoms with E-state index >= 15 is 0 Å². The highest BCUT2D eigenvalue weighted by Gasteiger charge is 2.06. The largest absolute Gasteiger partial charge is 0.389 e. The lowest BCUT2D eigenvalue weighted by Gasteiger charge is -2.10. The molecule has 4 heteroatoms. The third-order valence-electron chi connectivity index (χ3n) is 4.40. The van der Waals surface area contributed by atoms with Gasteiger partial charge >= 0.3 is 0 Å². The zero-order valence-electron chi connectivity index (χ0n) is 16.2. The number of amides is 1. The van der Waals surface area contributed by atoms with Crippen LogP contribution < -0.4 is 5.32 Å². The smallest absolute Gasteiger partial charge is 0.220 e. The van der Waals surface area contributed by atoms with Crippen molar-refractivity contribution in [2.45, 2.75) is 103 Å². The molecule has 0 aromatic carbocycles. The van der Waals surface area contributed by atoms with Crippen LogP contribution in [0.2, 0.25) is 0 Å². The number of aliphatic hydroxyl groups is 1. The van der Waals surface area contributed by atoms with Gasteiger partial charge in [0.15, 0.2) is 0 Å². The number of nitrogens with one attached hydrogen (secondary N) is 1. The maximum Gasteiger partial charge on any atom is 0.220 e. The Hall–Kier alpha value is -0.610. The Morgan fingerprint density at radius 2 is 1.33 bits per heavy atom. The molecule has 0 aliphatic heterocycles.